The number of benzene rings is 1. The Morgan fingerprint density at radius 2 is 2.11 bits per heavy atom. The normalized spacial score (nSPS) is 10.9. The molecule has 3 rings (SSSR count). The molecule has 90 valence electrons. The van der Waals surface area contributed by atoms with Crippen molar-refractivity contribution in [3.8, 4) is 5.75 Å². The van der Waals surface area contributed by atoms with Crippen LogP contribution in [0.15, 0.2) is 43.0 Å². The number of nitrogens with zero attached hydrogens (tertiary/aromatic N) is 3. The van der Waals surface area contributed by atoms with Gasteiger partial charge in [-0.05, 0) is 24.6 Å². The third-order valence-corrected chi connectivity index (χ3v) is 2.98. The van der Waals surface area contributed by atoms with Gasteiger partial charge in [-0.1, -0.05) is 12.1 Å². The lowest BCUT2D eigenvalue weighted by Crippen LogP contribution is -1.98. The summed E-state index contributed by atoms with van der Waals surface area (Å²) in [6.07, 6.45) is 5.45. The smallest absolute Gasteiger partial charge is 0.141 e. The summed E-state index contributed by atoms with van der Waals surface area (Å²) >= 11 is 0. The fourth-order valence-corrected chi connectivity index (χ4v) is 2.07. The predicted molar refractivity (Wildman–Crippen MR) is 69.5 cm³/mol. The van der Waals surface area contributed by atoms with Crippen molar-refractivity contribution in [1.29, 1.82) is 0 Å². The van der Waals surface area contributed by atoms with E-state index >= 15 is 0 Å². The number of aromatic hydroxyl groups is 1. The molecule has 1 aromatic carbocycles. The van der Waals surface area contributed by atoms with Crippen LogP contribution in [-0.2, 0) is 6.54 Å². The highest BCUT2D eigenvalue weighted by atomic mass is 16.3. The molecule has 0 amide bonds. The van der Waals surface area contributed by atoms with E-state index in [1.54, 1.807) is 18.6 Å². The van der Waals surface area contributed by atoms with Gasteiger partial charge in [0.05, 0.1) is 6.33 Å². The molecule has 0 aliphatic carbocycles. The molecule has 4 nitrogen and oxygen atoms in total. The van der Waals surface area contributed by atoms with Crippen LogP contribution in [0.5, 0.6) is 5.75 Å². The molecule has 4 heteroatoms. The van der Waals surface area contributed by atoms with Gasteiger partial charge in [0.25, 0.3) is 0 Å². The van der Waals surface area contributed by atoms with Gasteiger partial charge < -0.3 is 9.67 Å². The highest BCUT2D eigenvalue weighted by Crippen LogP contribution is 2.26. The van der Waals surface area contributed by atoms with Crippen molar-refractivity contribution in [3.63, 3.8) is 0 Å². The maximum atomic E-state index is 9.86. The Hall–Kier alpha value is -2.36. The Labute approximate surface area is 105 Å². The highest BCUT2D eigenvalue weighted by molar-refractivity contribution is 5.87. The van der Waals surface area contributed by atoms with Crippen LogP contribution in [0, 0.1) is 6.92 Å². The first-order chi connectivity index (χ1) is 8.74. The standard InChI is InChI=1S/C14H13N3O/c1-10-2-4-12-11(8-17-7-6-15-9-17)3-5-13(18)14(12)16-10/h2-7,9,18H,8H2,1H3. The molecule has 0 aliphatic heterocycles. The maximum absolute atomic E-state index is 9.86. The van der Waals surface area contributed by atoms with Gasteiger partial charge in [-0.25, -0.2) is 9.97 Å². The number of hydrogen-bond donors (Lipinski definition) is 1. The molecule has 18 heavy (non-hydrogen) atoms. The van der Waals surface area contributed by atoms with Crippen molar-refractivity contribution < 1.29 is 5.11 Å². The van der Waals surface area contributed by atoms with Crippen LogP contribution in [-0.4, -0.2) is 19.6 Å². The number of phenols is 1. The van der Waals surface area contributed by atoms with Crippen LogP contribution in [0.25, 0.3) is 10.9 Å². The van der Waals surface area contributed by atoms with Gasteiger partial charge in [0, 0.05) is 30.0 Å². The number of aromatic nitrogens is 3. The van der Waals surface area contributed by atoms with Crippen molar-refractivity contribution in [2.24, 2.45) is 0 Å². The van der Waals surface area contributed by atoms with Crippen molar-refractivity contribution in [2.75, 3.05) is 0 Å². The summed E-state index contributed by atoms with van der Waals surface area (Å²) in [4.78, 5) is 8.42. The van der Waals surface area contributed by atoms with Gasteiger partial charge in [-0.3, -0.25) is 0 Å². The van der Waals surface area contributed by atoms with Gasteiger partial charge in [0.2, 0.25) is 0 Å². The second kappa shape index (κ2) is 4.14. The lowest BCUT2D eigenvalue weighted by atomic mass is 10.1. The summed E-state index contributed by atoms with van der Waals surface area (Å²) in [5, 5.41) is 10.8. The molecular weight excluding hydrogens is 226 g/mol. The Kier molecular flexibility index (Phi) is 2.48. The number of rotatable bonds is 2. The van der Waals surface area contributed by atoms with Gasteiger partial charge in [0.15, 0.2) is 0 Å². The number of pyridine rings is 1. The van der Waals surface area contributed by atoms with Crippen LogP contribution in [0.4, 0.5) is 0 Å². The first-order valence-corrected chi connectivity index (χ1v) is 5.78. The minimum atomic E-state index is 0.225. The molecule has 3 aromatic rings. The number of aryl methyl sites for hydroxylation is 1. The largest absolute Gasteiger partial charge is 0.506 e. The molecule has 0 aliphatic rings. The van der Waals surface area contributed by atoms with Gasteiger partial charge in [0.1, 0.15) is 11.3 Å². The molecule has 0 bridgehead atoms. The second-order valence-corrected chi connectivity index (χ2v) is 4.33. The summed E-state index contributed by atoms with van der Waals surface area (Å²) in [6, 6.07) is 7.58. The molecule has 0 spiro atoms. The van der Waals surface area contributed by atoms with E-state index in [0.29, 0.717) is 5.52 Å². The zero-order valence-corrected chi connectivity index (χ0v) is 10.0. The first-order valence-electron chi connectivity index (χ1n) is 5.78. The Balaban J connectivity index is 2.15. The minimum absolute atomic E-state index is 0.225. The maximum Gasteiger partial charge on any atom is 0.141 e. The molecule has 0 fully saturated rings. The molecule has 2 heterocycles. The summed E-state index contributed by atoms with van der Waals surface area (Å²) in [5.41, 5.74) is 2.68. The van der Waals surface area contributed by atoms with E-state index in [1.165, 1.54) is 0 Å². The van der Waals surface area contributed by atoms with E-state index in [1.807, 2.05) is 35.9 Å². The predicted octanol–water partition coefficient (Wildman–Crippen LogP) is 2.49. The van der Waals surface area contributed by atoms with E-state index in [2.05, 4.69) is 9.97 Å². The monoisotopic (exact) mass is 239 g/mol. The van der Waals surface area contributed by atoms with Gasteiger partial charge >= 0.3 is 0 Å². The Morgan fingerprint density at radius 3 is 2.89 bits per heavy atom. The van der Waals surface area contributed by atoms with Crippen LogP contribution in [0.2, 0.25) is 0 Å². The van der Waals surface area contributed by atoms with E-state index in [9.17, 15) is 5.11 Å². The minimum Gasteiger partial charge on any atom is -0.506 e. The molecule has 0 saturated heterocycles. The average molecular weight is 239 g/mol. The van der Waals surface area contributed by atoms with E-state index in [-0.39, 0.29) is 5.75 Å². The summed E-state index contributed by atoms with van der Waals surface area (Å²) in [7, 11) is 0. The van der Waals surface area contributed by atoms with Crippen LogP contribution in [0.3, 0.4) is 0 Å². The van der Waals surface area contributed by atoms with E-state index < -0.39 is 0 Å². The summed E-state index contributed by atoms with van der Waals surface area (Å²) < 4.78 is 1.99. The first kappa shape index (κ1) is 10.8. The van der Waals surface area contributed by atoms with Gasteiger partial charge in [-0.15, -0.1) is 0 Å². The molecule has 2 aromatic heterocycles. The number of fused-ring (bicyclic) bond motifs is 1. The zero-order chi connectivity index (χ0) is 12.5. The lowest BCUT2D eigenvalue weighted by Gasteiger charge is -2.08. The fraction of sp³-hybridized carbons (Fsp3) is 0.143. The third-order valence-electron chi connectivity index (χ3n) is 2.98. The average Bonchev–Trinajstić information content (AvgIpc) is 2.86. The highest BCUT2D eigenvalue weighted by Gasteiger charge is 2.07. The van der Waals surface area contributed by atoms with E-state index in [4.69, 9.17) is 0 Å². The van der Waals surface area contributed by atoms with Gasteiger partial charge in [-0.2, -0.15) is 0 Å². The molecule has 0 unspecified atom stereocenters. The summed E-state index contributed by atoms with van der Waals surface area (Å²) in [6.45, 7) is 2.64. The third kappa shape index (κ3) is 1.82. The Bertz CT molecular complexity index is 690. The summed E-state index contributed by atoms with van der Waals surface area (Å²) in [5.74, 6) is 0.225. The second-order valence-electron chi connectivity index (χ2n) is 4.33. The number of hydrogen-bond acceptors (Lipinski definition) is 3. The SMILES string of the molecule is Cc1ccc2c(Cn3ccnc3)ccc(O)c2n1. The van der Waals surface area contributed by atoms with Crippen LogP contribution < -0.4 is 0 Å². The topological polar surface area (TPSA) is 50.9 Å². The molecule has 0 radical (unpaired) electrons. The molecule has 0 saturated carbocycles. The van der Waals surface area contributed by atoms with E-state index in [0.717, 1.165) is 23.2 Å². The van der Waals surface area contributed by atoms with Crippen LogP contribution in [0.1, 0.15) is 11.3 Å². The van der Waals surface area contributed by atoms with Crippen molar-refractivity contribution in [3.05, 3.63) is 54.2 Å². The molecule has 1 N–H and O–H groups in total. The zero-order valence-electron chi connectivity index (χ0n) is 10.0. The fourth-order valence-electron chi connectivity index (χ4n) is 2.07. The number of imidazole rings is 1. The van der Waals surface area contributed by atoms with Crippen molar-refractivity contribution in [2.45, 2.75) is 13.5 Å². The van der Waals surface area contributed by atoms with Crippen molar-refractivity contribution in [1.82, 2.24) is 14.5 Å². The molecule has 0 atom stereocenters. The lowest BCUT2D eigenvalue weighted by molar-refractivity contribution is 0.480. The quantitative estimate of drug-likeness (QED) is 0.747. The Morgan fingerprint density at radius 1 is 1.22 bits per heavy atom. The van der Waals surface area contributed by atoms with Crippen molar-refractivity contribution >= 4 is 10.9 Å². The number of phenolic OH excluding ortho intramolecular Hbond substituents is 1. The molecular formula is C14H13N3O. The van der Waals surface area contributed by atoms with Crippen LogP contribution >= 0.6 is 0 Å².